The summed E-state index contributed by atoms with van der Waals surface area (Å²) in [7, 11) is 0. The van der Waals surface area contributed by atoms with E-state index in [-0.39, 0.29) is 11.9 Å². The van der Waals surface area contributed by atoms with E-state index in [0.717, 1.165) is 31.7 Å². The van der Waals surface area contributed by atoms with Crippen LogP contribution < -0.4 is 0 Å². The van der Waals surface area contributed by atoms with Gasteiger partial charge in [-0.15, -0.1) is 0 Å². The van der Waals surface area contributed by atoms with Gasteiger partial charge in [-0.25, -0.2) is 0 Å². The van der Waals surface area contributed by atoms with Crippen LogP contribution in [-0.4, -0.2) is 53.9 Å². The number of hydrogen-bond acceptors (Lipinski definition) is 3. The first kappa shape index (κ1) is 18.6. The second-order valence-corrected chi connectivity index (χ2v) is 8.79. The van der Waals surface area contributed by atoms with Gasteiger partial charge in [0.05, 0.1) is 6.04 Å². The summed E-state index contributed by atoms with van der Waals surface area (Å²) in [5, 5.41) is 0. The van der Waals surface area contributed by atoms with Gasteiger partial charge in [0.15, 0.2) is 0 Å². The Hall–Kier alpha value is -1.78. The lowest BCUT2D eigenvalue weighted by Gasteiger charge is -2.31. The van der Waals surface area contributed by atoms with Crippen molar-refractivity contribution in [1.29, 1.82) is 0 Å². The quantitative estimate of drug-likeness (QED) is 0.780. The molecule has 0 aromatic heterocycles. The third kappa shape index (κ3) is 3.65. The molecule has 3 nitrogen and oxygen atoms in total. The maximum atomic E-state index is 13.3. The Morgan fingerprint density at radius 3 is 2.52 bits per heavy atom. The third-order valence-electron chi connectivity index (χ3n) is 6.14. The molecule has 2 saturated heterocycles. The van der Waals surface area contributed by atoms with Crippen molar-refractivity contribution in [2.45, 2.75) is 13.0 Å². The van der Waals surface area contributed by atoms with Gasteiger partial charge in [0.2, 0.25) is 0 Å². The predicted octanol–water partition coefficient (Wildman–Crippen LogP) is 4.10. The molecule has 2 aliphatic rings. The standard InChI is InChI=1S/C23H28N2OS/c1-17-8-6-7-11-20(17)22-21-16-24(12-13-27-2)14-19(21)15-25(22)23(26)18-9-4-3-5-10-18/h3-11,19,21-22H,12-16H2,1-2H3/t19-,21-,22-/m0/s1. The van der Waals surface area contributed by atoms with E-state index in [1.807, 2.05) is 42.1 Å². The minimum Gasteiger partial charge on any atom is -0.331 e. The largest absolute Gasteiger partial charge is 0.331 e. The van der Waals surface area contributed by atoms with Crippen LogP contribution in [0.25, 0.3) is 0 Å². The van der Waals surface area contributed by atoms with E-state index in [0.29, 0.717) is 11.8 Å². The molecule has 2 heterocycles. The maximum absolute atomic E-state index is 13.3. The number of nitrogens with zero attached hydrogens (tertiary/aromatic N) is 2. The van der Waals surface area contributed by atoms with Crippen molar-refractivity contribution in [3.63, 3.8) is 0 Å². The summed E-state index contributed by atoms with van der Waals surface area (Å²) in [5.74, 6) is 2.46. The summed E-state index contributed by atoms with van der Waals surface area (Å²) >= 11 is 1.91. The summed E-state index contributed by atoms with van der Waals surface area (Å²) in [4.78, 5) is 18.1. The highest BCUT2D eigenvalue weighted by Crippen LogP contribution is 2.46. The molecule has 0 bridgehead atoms. The highest BCUT2D eigenvalue weighted by molar-refractivity contribution is 7.98. The maximum Gasteiger partial charge on any atom is 0.254 e. The number of carbonyl (C=O) groups is 1. The monoisotopic (exact) mass is 380 g/mol. The first-order valence-corrected chi connectivity index (χ1v) is 11.2. The van der Waals surface area contributed by atoms with Crippen LogP contribution in [0.4, 0.5) is 0 Å². The lowest BCUT2D eigenvalue weighted by molar-refractivity contribution is 0.0701. The average Bonchev–Trinajstić information content (AvgIpc) is 3.24. The molecule has 2 aromatic rings. The minimum atomic E-state index is 0.175. The third-order valence-corrected chi connectivity index (χ3v) is 6.73. The van der Waals surface area contributed by atoms with Crippen molar-refractivity contribution >= 4 is 17.7 Å². The van der Waals surface area contributed by atoms with E-state index < -0.39 is 0 Å². The zero-order valence-corrected chi connectivity index (χ0v) is 17.0. The molecule has 4 rings (SSSR count). The average molecular weight is 381 g/mol. The fourth-order valence-corrected chi connectivity index (χ4v) is 5.25. The molecule has 0 spiro atoms. The first-order valence-electron chi connectivity index (χ1n) is 9.82. The SMILES string of the molecule is CSCCN1C[C@H]2CN(C(=O)c3ccccc3)[C@@H](c3ccccc3C)[C@H]2C1. The number of benzene rings is 2. The van der Waals surface area contributed by atoms with Crippen LogP contribution in [0.15, 0.2) is 54.6 Å². The zero-order chi connectivity index (χ0) is 18.8. The number of fused-ring (bicyclic) bond motifs is 1. The lowest BCUT2D eigenvalue weighted by atomic mass is 9.87. The Bertz CT molecular complexity index is 794. The van der Waals surface area contributed by atoms with Crippen molar-refractivity contribution in [2.24, 2.45) is 11.8 Å². The molecule has 0 unspecified atom stereocenters. The number of rotatable bonds is 5. The van der Waals surface area contributed by atoms with Gasteiger partial charge in [-0.1, -0.05) is 42.5 Å². The highest BCUT2D eigenvalue weighted by atomic mass is 32.2. The minimum absolute atomic E-state index is 0.175. The zero-order valence-electron chi connectivity index (χ0n) is 16.2. The van der Waals surface area contributed by atoms with Crippen LogP contribution in [-0.2, 0) is 0 Å². The number of hydrogen-bond donors (Lipinski definition) is 0. The molecule has 3 atom stereocenters. The molecule has 142 valence electrons. The van der Waals surface area contributed by atoms with Crippen LogP contribution in [0.1, 0.15) is 27.5 Å². The Balaban J connectivity index is 1.64. The number of carbonyl (C=O) groups excluding carboxylic acids is 1. The smallest absolute Gasteiger partial charge is 0.254 e. The van der Waals surface area contributed by atoms with E-state index in [1.54, 1.807) is 0 Å². The van der Waals surface area contributed by atoms with Crippen LogP contribution in [0.2, 0.25) is 0 Å². The summed E-state index contributed by atoms with van der Waals surface area (Å²) in [6.45, 7) is 6.41. The van der Waals surface area contributed by atoms with Crippen molar-refractivity contribution in [3.8, 4) is 0 Å². The fourth-order valence-electron chi connectivity index (χ4n) is 4.81. The van der Waals surface area contributed by atoms with Crippen molar-refractivity contribution in [1.82, 2.24) is 9.80 Å². The Kier molecular flexibility index (Phi) is 5.55. The molecule has 0 saturated carbocycles. The Morgan fingerprint density at radius 1 is 1.04 bits per heavy atom. The molecule has 27 heavy (non-hydrogen) atoms. The van der Waals surface area contributed by atoms with Crippen molar-refractivity contribution in [2.75, 3.05) is 38.2 Å². The predicted molar refractivity (Wildman–Crippen MR) is 113 cm³/mol. The van der Waals surface area contributed by atoms with E-state index in [2.05, 4.69) is 47.2 Å². The number of amides is 1. The van der Waals surface area contributed by atoms with Crippen LogP contribution in [0.5, 0.6) is 0 Å². The lowest BCUT2D eigenvalue weighted by Crippen LogP contribution is -2.36. The molecule has 0 radical (unpaired) electrons. The van der Waals surface area contributed by atoms with Gasteiger partial charge in [-0.3, -0.25) is 4.79 Å². The molecule has 0 N–H and O–H groups in total. The topological polar surface area (TPSA) is 23.6 Å². The van der Waals surface area contributed by atoms with Crippen molar-refractivity contribution < 1.29 is 4.79 Å². The van der Waals surface area contributed by atoms with Gasteiger partial charge in [0, 0.05) is 43.4 Å². The molecule has 1 amide bonds. The van der Waals surface area contributed by atoms with Crippen LogP contribution >= 0.6 is 11.8 Å². The summed E-state index contributed by atoms with van der Waals surface area (Å²) in [5.41, 5.74) is 3.41. The van der Waals surface area contributed by atoms with Gasteiger partial charge < -0.3 is 9.80 Å². The van der Waals surface area contributed by atoms with E-state index >= 15 is 0 Å². The summed E-state index contributed by atoms with van der Waals surface area (Å²) in [6.07, 6.45) is 2.17. The fraction of sp³-hybridized carbons (Fsp3) is 0.435. The van der Waals surface area contributed by atoms with Gasteiger partial charge in [-0.2, -0.15) is 11.8 Å². The van der Waals surface area contributed by atoms with Crippen LogP contribution in [0, 0.1) is 18.8 Å². The summed E-state index contributed by atoms with van der Waals surface area (Å²) < 4.78 is 0. The first-order chi connectivity index (χ1) is 13.2. The second-order valence-electron chi connectivity index (χ2n) is 7.80. The number of likely N-dealkylation sites (tertiary alicyclic amines) is 2. The van der Waals surface area contributed by atoms with Gasteiger partial charge in [0.1, 0.15) is 0 Å². The summed E-state index contributed by atoms with van der Waals surface area (Å²) in [6, 6.07) is 18.5. The normalized spacial score (nSPS) is 25.0. The molecule has 2 fully saturated rings. The Morgan fingerprint density at radius 2 is 1.78 bits per heavy atom. The molecule has 0 aliphatic carbocycles. The molecule has 2 aromatic carbocycles. The second kappa shape index (κ2) is 8.07. The molecule has 2 aliphatic heterocycles. The van der Waals surface area contributed by atoms with Crippen LogP contribution in [0.3, 0.4) is 0 Å². The van der Waals surface area contributed by atoms with Crippen molar-refractivity contribution in [3.05, 3.63) is 71.3 Å². The highest BCUT2D eigenvalue weighted by Gasteiger charge is 2.49. The number of aryl methyl sites for hydroxylation is 1. The van der Waals surface area contributed by atoms with Gasteiger partial charge in [-0.05, 0) is 42.4 Å². The molecule has 4 heteroatoms. The van der Waals surface area contributed by atoms with E-state index in [9.17, 15) is 4.79 Å². The number of thioether (sulfide) groups is 1. The molecular weight excluding hydrogens is 352 g/mol. The molecular formula is C23H28N2OS. The van der Waals surface area contributed by atoms with E-state index in [1.165, 1.54) is 16.9 Å². The van der Waals surface area contributed by atoms with E-state index in [4.69, 9.17) is 0 Å². The van der Waals surface area contributed by atoms with Gasteiger partial charge >= 0.3 is 0 Å². The Labute approximate surface area is 166 Å². The van der Waals surface area contributed by atoms with Gasteiger partial charge in [0.25, 0.3) is 5.91 Å².